The molecule has 1 aliphatic heterocycles. The van der Waals surface area contributed by atoms with E-state index in [1.54, 1.807) is 6.20 Å². The monoisotopic (exact) mass is 449 g/mol. The molecule has 1 atom stereocenters. The van der Waals surface area contributed by atoms with Crippen molar-refractivity contribution in [2.45, 2.75) is 39.5 Å². The lowest BCUT2D eigenvalue weighted by Gasteiger charge is -2.36. The standard InChI is InChI=1S/C16H27N5S.HI/c1-5-17-16(19-10-14-6-7-18-13(4)20-14)21-8-9-22-15(11-21)12(2)3;/h6-7,12,15H,5,8-11H2,1-4H3,(H,17,19);1H. The van der Waals surface area contributed by atoms with Gasteiger partial charge in [0, 0.05) is 36.8 Å². The number of nitrogens with zero attached hydrogens (tertiary/aromatic N) is 4. The topological polar surface area (TPSA) is 53.4 Å². The maximum atomic E-state index is 4.77. The zero-order chi connectivity index (χ0) is 15.9. The van der Waals surface area contributed by atoms with Crippen LogP contribution in [0, 0.1) is 12.8 Å². The average Bonchev–Trinajstić information content (AvgIpc) is 2.51. The van der Waals surface area contributed by atoms with Crippen LogP contribution >= 0.6 is 35.7 Å². The third-order valence-corrected chi connectivity index (χ3v) is 5.24. The van der Waals surface area contributed by atoms with Crippen molar-refractivity contribution in [1.82, 2.24) is 20.2 Å². The van der Waals surface area contributed by atoms with Gasteiger partial charge in [-0.15, -0.1) is 24.0 Å². The minimum Gasteiger partial charge on any atom is -0.357 e. The van der Waals surface area contributed by atoms with Crippen molar-refractivity contribution in [2.75, 3.05) is 25.4 Å². The third kappa shape index (κ3) is 6.45. The van der Waals surface area contributed by atoms with Crippen LogP contribution in [-0.4, -0.2) is 51.5 Å². The van der Waals surface area contributed by atoms with Crippen LogP contribution < -0.4 is 5.32 Å². The summed E-state index contributed by atoms with van der Waals surface area (Å²) < 4.78 is 0. The Morgan fingerprint density at radius 3 is 2.96 bits per heavy atom. The quantitative estimate of drug-likeness (QED) is 0.435. The average molecular weight is 449 g/mol. The van der Waals surface area contributed by atoms with Gasteiger partial charge in [-0.2, -0.15) is 11.8 Å². The Hall–Kier alpha value is -0.570. The van der Waals surface area contributed by atoms with Gasteiger partial charge in [-0.1, -0.05) is 13.8 Å². The number of hydrogen-bond acceptors (Lipinski definition) is 4. The number of guanidine groups is 1. The van der Waals surface area contributed by atoms with Crippen LogP contribution in [0.5, 0.6) is 0 Å². The largest absolute Gasteiger partial charge is 0.357 e. The second-order valence-corrected chi connectivity index (χ2v) is 7.21. The van der Waals surface area contributed by atoms with Crippen molar-refractivity contribution in [3.63, 3.8) is 0 Å². The van der Waals surface area contributed by atoms with Crippen molar-refractivity contribution in [3.05, 3.63) is 23.8 Å². The molecule has 2 heterocycles. The first kappa shape index (κ1) is 20.5. The minimum absolute atomic E-state index is 0. The molecule has 0 bridgehead atoms. The van der Waals surface area contributed by atoms with E-state index in [0.29, 0.717) is 17.7 Å². The van der Waals surface area contributed by atoms with Crippen molar-refractivity contribution >= 4 is 41.7 Å². The zero-order valence-corrected chi connectivity index (χ0v) is 17.6. The molecular weight excluding hydrogens is 421 g/mol. The van der Waals surface area contributed by atoms with Gasteiger partial charge >= 0.3 is 0 Å². The molecule has 0 saturated carbocycles. The first-order valence-corrected chi connectivity index (χ1v) is 9.08. The first-order valence-electron chi connectivity index (χ1n) is 8.03. The molecule has 0 aromatic carbocycles. The fourth-order valence-corrected chi connectivity index (χ4v) is 3.74. The summed E-state index contributed by atoms with van der Waals surface area (Å²) in [4.78, 5) is 15.7. The number of aryl methyl sites for hydroxylation is 1. The highest BCUT2D eigenvalue weighted by Crippen LogP contribution is 2.24. The molecule has 130 valence electrons. The van der Waals surface area contributed by atoms with Crippen molar-refractivity contribution < 1.29 is 0 Å². The molecule has 0 aliphatic carbocycles. The Bertz CT molecular complexity index is 509. The normalized spacial score (nSPS) is 18.7. The van der Waals surface area contributed by atoms with Crippen LogP contribution in [0.15, 0.2) is 17.3 Å². The Kier molecular flexibility index (Phi) is 9.19. The van der Waals surface area contributed by atoms with E-state index in [0.717, 1.165) is 37.1 Å². The summed E-state index contributed by atoms with van der Waals surface area (Å²) in [6.45, 7) is 12.2. The lowest BCUT2D eigenvalue weighted by Crippen LogP contribution is -2.49. The van der Waals surface area contributed by atoms with Crippen LogP contribution in [0.25, 0.3) is 0 Å². The van der Waals surface area contributed by atoms with E-state index < -0.39 is 0 Å². The van der Waals surface area contributed by atoms with E-state index in [4.69, 9.17) is 4.99 Å². The van der Waals surface area contributed by atoms with Gasteiger partial charge in [0.25, 0.3) is 0 Å². The summed E-state index contributed by atoms with van der Waals surface area (Å²) in [5.41, 5.74) is 0.967. The van der Waals surface area contributed by atoms with Crippen LogP contribution in [0.4, 0.5) is 0 Å². The van der Waals surface area contributed by atoms with Gasteiger partial charge in [0.15, 0.2) is 5.96 Å². The van der Waals surface area contributed by atoms with E-state index in [-0.39, 0.29) is 24.0 Å². The summed E-state index contributed by atoms with van der Waals surface area (Å²) in [6, 6.07) is 1.93. The first-order chi connectivity index (χ1) is 10.6. The Balaban J connectivity index is 0.00000264. The molecule has 1 aromatic rings. The van der Waals surface area contributed by atoms with Gasteiger partial charge in [-0.05, 0) is 25.8 Å². The molecule has 0 radical (unpaired) electrons. The van der Waals surface area contributed by atoms with Crippen LogP contribution in [0.3, 0.4) is 0 Å². The molecule has 0 spiro atoms. The highest BCUT2D eigenvalue weighted by atomic mass is 127. The van der Waals surface area contributed by atoms with Gasteiger partial charge in [-0.3, -0.25) is 0 Å². The number of rotatable bonds is 4. The second-order valence-electron chi connectivity index (χ2n) is 5.86. The predicted octanol–water partition coefficient (Wildman–Crippen LogP) is 2.94. The molecule has 23 heavy (non-hydrogen) atoms. The lowest BCUT2D eigenvalue weighted by molar-refractivity contribution is 0.380. The van der Waals surface area contributed by atoms with Gasteiger partial charge in [0.05, 0.1) is 12.2 Å². The fourth-order valence-electron chi connectivity index (χ4n) is 2.45. The summed E-state index contributed by atoms with van der Waals surface area (Å²) in [5, 5.41) is 4.10. The fraction of sp³-hybridized carbons (Fsp3) is 0.688. The molecule has 5 nitrogen and oxygen atoms in total. The number of aromatic nitrogens is 2. The molecule has 7 heteroatoms. The van der Waals surface area contributed by atoms with Gasteiger partial charge in [-0.25, -0.2) is 15.0 Å². The smallest absolute Gasteiger partial charge is 0.194 e. The lowest BCUT2D eigenvalue weighted by atomic mass is 10.1. The second kappa shape index (κ2) is 10.3. The molecule has 1 aromatic heterocycles. The molecule has 0 amide bonds. The Labute approximate surface area is 161 Å². The highest BCUT2D eigenvalue weighted by molar-refractivity contribution is 14.0. The molecule has 1 fully saturated rings. The number of nitrogens with one attached hydrogen (secondary N) is 1. The van der Waals surface area contributed by atoms with Crippen LogP contribution in [0.2, 0.25) is 0 Å². The van der Waals surface area contributed by atoms with E-state index in [9.17, 15) is 0 Å². The summed E-state index contributed by atoms with van der Waals surface area (Å²) >= 11 is 2.08. The van der Waals surface area contributed by atoms with Crippen molar-refractivity contribution in [3.8, 4) is 0 Å². The zero-order valence-electron chi connectivity index (χ0n) is 14.5. The van der Waals surface area contributed by atoms with Crippen LogP contribution in [0.1, 0.15) is 32.3 Å². The summed E-state index contributed by atoms with van der Waals surface area (Å²) in [7, 11) is 0. The van der Waals surface area contributed by atoms with Gasteiger partial charge < -0.3 is 10.2 Å². The molecule has 1 saturated heterocycles. The maximum Gasteiger partial charge on any atom is 0.194 e. The van der Waals surface area contributed by atoms with Crippen molar-refractivity contribution in [2.24, 2.45) is 10.9 Å². The SMILES string of the molecule is CCNC(=NCc1ccnc(C)n1)N1CCSC(C(C)C)C1.I. The number of thioether (sulfide) groups is 1. The summed E-state index contributed by atoms with van der Waals surface area (Å²) in [6.07, 6.45) is 1.80. The molecule has 1 unspecified atom stereocenters. The molecule has 1 aliphatic rings. The van der Waals surface area contributed by atoms with E-state index in [1.165, 1.54) is 5.75 Å². The van der Waals surface area contributed by atoms with Crippen molar-refractivity contribution in [1.29, 1.82) is 0 Å². The van der Waals surface area contributed by atoms with Crippen LogP contribution in [-0.2, 0) is 6.54 Å². The maximum absolute atomic E-state index is 4.77. The molecular formula is C16H28IN5S. The number of hydrogen-bond donors (Lipinski definition) is 1. The molecule has 1 N–H and O–H groups in total. The predicted molar refractivity (Wildman–Crippen MR) is 110 cm³/mol. The number of aliphatic imine (C=N–C) groups is 1. The highest BCUT2D eigenvalue weighted by Gasteiger charge is 2.24. The van der Waals surface area contributed by atoms with E-state index >= 15 is 0 Å². The van der Waals surface area contributed by atoms with E-state index in [1.807, 2.05) is 13.0 Å². The third-order valence-electron chi connectivity index (χ3n) is 3.70. The minimum atomic E-state index is 0. The van der Waals surface area contributed by atoms with E-state index in [2.05, 4.69) is 52.7 Å². The number of halogens is 1. The Morgan fingerprint density at radius 1 is 1.52 bits per heavy atom. The Morgan fingerprint density at radius 2 is 2.30 bits per heavy atom. The molecule has 2 rings (SSSR count). The van der Waals surface area contributed by atoms with Gasteiger partial charge in [0.2, 0.25) is 0 Å². The van der Waals surface area contributed by atoms with Gasteiger partial charge in [0.1, 0.15) is 5.82 Å². The summed E-state index contributed by atoms with van der Waals surface area (Å²) in [5.74, 6) is 3.66.